The van der Waals surface area contributed by atoms with E-state index in [1.54, 1.807) is 0 Å². The molecule has 0 amide bonds. The summed E-state index contributed by atoms with van der Waals surface area (Å²) in [5.41, 5.74) is 1.89. The molecule has 3 aromatic rings. The van der Waals surface area contributed by atoms with Crippen molar-refractivity contribution in [3.05, 3.63) is 64.3 Å². The molecule has 0 saturated heterocycles. The van der Waals surface area contributed by atoms with E-state index in [-0.39, 0.29) is 12.2 Å². The molecular weight excluding hydrogens is 341 g/mol. The molecule has 0 fully saturated rings. The van der Waals surface area contributed by atoms with E-state index in [1.165, 1.54) is 12.1 Å². The Labute approximate surface area is 141 Å². The number of imidazole rings is 1. The zero-order valence-electron chi connectivity index (χ0n) is 12.7. The lowest BCUT2D eigenvalue weighted by Crippen LogP contribution is -2.16. The van der Waals surface area contributed by atoms with E-state index >= 15 is 0 Å². The molecule has 0 aliphatic carbocycles. The highest BCUT2D eigenvalue weighted by Crippen LogP contribution is 2.32. The van der Waals surface area contributed by atoms with Crippen LogP contribution in [0.3, 0.4) is 0 Å². The van der Waals surface area contributed by atoms with Gasteiger partial charge in [-0.3, -0.25) is 0 Å². The minimum absolute atomic E-state index is 0.188. The Balaban J connectivity index is 1.69. The summed E-state index contributed by atoms with van der Waals surface area (Å²) in [7, 11) is 0. The molecule has 0 unspecified atom stereocenters. The molecule has 1 N–H and O–H groups in total. The van der Waals surface area contributed by atoms with Crippen molar-refractivity contribution in [3.63, 3.8) is 0 Å². The van der Waals surface area contributed by atoms with Gasteiger partial charge in [-0.1, -0.05) is 17.7 Å². The summed E-state index contributed by atoms with van der Waals surface area (Å²) in [6, 6.07) is 8.47. The van der Waals surface area contributed by atoms with Crippen molar-refractivity contribution in [1.82, 2.24) is 19.7 Å². The fraction of sp³-hybridized carbons (Fsp3) is 0.250. The quantitative estimate of drug-likeness (QED) is 0.770. The Morgan fingerprint density at radius 1 is 1.08 bits per heavy atom. The van der Waals surface area contributed by atoms with E-state index in [2.05, 4.69) is 15.3 Å². The highest BCUT2D eigenvalue weighted by molar-refractivity contribution is 6.31. The molecule has 3 aromatic heterocycles. The van der Waals surface area contributed by atoms with Gasteiger partial charge in [0, 0.05) is 25.0 Å². The van der Waals surface area contributed by atoms with Crippen LogP contribution in [0.1, 0.15) is 22.8 Å². The molecule has 0 spiro atoms. The fourth-order valence-corrected chi connectivity index (χ4v) is 2.59. The van der Waals surface area contributed by atoms with E-state index in [9.17, 15) is 13.2 Å². The molecule has 4 nitrogen and oxygen atoms in total. The molecule has 0 aliphatic heterocycles. The van der Waals surface area contributed by atoms with Crippen LogP contribution in [0, 0.1) is 6.92 Å². The molecule has 3 heterocycles. The van der Waals surface area contributed by atoms with E-state index in [4.69, 9.17) is 11.6 Å². The number of nitrogens with zero attached hydrogens (tertiary/aromatic N) is 3. The number of fused-ring (bicyclic) bond motifs is 1. The SMILES string of the molecule is Cc1cccc2nc(CNCc3ccc(Cl)c(C(F)(F)F)n3)cn12. The summed E-state index contributed by atoms with van der Waals surface area (Å²) >= 11 is 5.56. The first-order chi connectivity index (χ1) is 11.3. The second kappa shape index (κ2) is 6.41. The van der Waals surface area contributed by atoms with E-state index in [0.29, 0.717) is 6.54 Å². The maximum Gasteiger partial charge on any atom is 0.434 e. The minimum atomic E-state index is -4.56. The molecule has 3 rings (SSSR count). The Morgan fingerprint density at radius 2 is 1.83 bits per heavy atom. The average molecular weight is 355 g/mol. The van der Waals surface area contributed by atoms with Gasteiger partial charge in [0.05, 0.1) is 16.4 Å². The Hall–Kier alpha value is -2.12. The van der Waals surface area contributed by atoms with Gasteiger partial charge >= 0.3 is 6.18 Å². The number of nitrogens with one attached hydrogen (secondary N) is 1. The predicted molar refractivity (Wildman–Crippen MR) is 84.7 cm³/mol. The van der Waals surface area contributed by atoms with Crippen molar-refractivity contribution in [1.29, 1.82) is 0 Å². The molecule has 8 heteroatoms. The molecule has 24 heavy (non-hydrogen) atoms. The van der Waals surface area contributed by atoms with Gasteiger partial charge in [0.2, 0.25) is 0 Å². The van der Waals surface area contributed by atoms with Crippen LogP contribution in [0.25, 0.3) is 5.65 Å². The average Bonchev–Trinajstić information content (AvgIpc) is 2.92. The van der Waals surface area contributed by atoms with Gasteiger partial charge in [-0.2, -0.15) is 13.2 Å². The molecule has 0 aliphatic rings. The number of alkyl halides is 3. The number of rotatable bonds is 4. The van der Waals surface area contributed by atoms with Crippen molar-refractivity contribution in [3.8, 4) is 0 Å². The number of halogens is 4. The van der Waals surface area contributed by atoms with Crippen LogP contribution >= 0.6 is 11.6 Å². The normalized spacial score (nSPS) is 12.0. The van der Waals surface area contributed by atoms with Crippen molar-refractivity contribution in [2.24, 2.45) is 0 Å². The first-order valence-electron chi connectivity index (χ1n) is 7.21. The highest BCUT2D eigenvalue weighted by atomic mass is 35.5. The monoisotopic (exact) mass is 354 g/mol. The van der Waals surface area contributed by atoms with Crippen LogP contribution in [0.4, 0.5) is 13.2 Å². The lowest BCUT2D eigenvalue weighted by atomic mass is 10.3. The van der Waals surface area contributed by atoms with Crippen molar-refractivity contribution in [2.75, 3.05) is 0 Å². The number of aromatic nitrogens is 3. The Morgan fingerprint density at radius 3 is 2.54 bits per heavy atom. The van der Waals surface area contributed by atoms with Crippen LogP contribution < -0.4 is 5.32 Å². The third-order valence-electron chi connectivity index (χ3n) is 3.53. The molecule has 0 aromatic carbocycles. The van der Waals surface area contributed by atoms with Gasteiger partial charge < -0.3 is 9.72 Å². The zero-order valence-corrected chi connectivity index (χ0v) is 13.5. The second-order valence-corrected chi connectivity index (χ2v) is 5.77. The van der Waals surface area contributed by atoms with Crippen LogP contribution in [0.2, 0.25) is 5.02 Å². The Kier molecular flexibility index (Phi) is 4.47. The summed E-state index contributed by atoms with van der Waals surface area (Å²) in [6.45, 7) is 2.59. The molecule has 0 radical (unpaired) electrons. The lowest BCUT2D eigenvalue weighted by molar-refractivity contribution is -0.141. The van der Waals surface area contributed by atoms with E-state index < -0.39 is 16.9 Å². The maximum absolute atomic E-state index is 12.8. The van der Waals surface area contributed by atoms with Gasteiger partial charge in [0.25, 0.3) is 0 Å². The summed E-state index contributed by atoms with van der Waals surface area (Å²) in [5, 5.41) is 2.65. The van der Waals surface area contributed by atoms with Crippen molar-refractivity contribution in [2.45, 2.75) is 26.2 Å². The van der Waals surface area contributed by atoms with Crippen LogP contribution in [0.15, 0.2) is 36.5 Å². The van der Waals surface area contributed by atoms with Gasteiger partial charge in [-0.25, -0.2) is 9.97 Å². The van der Waals surface area contributed by atoms with Gasteiger partial charge in [0.1, 0.15) is 5.65 Å². The summed E-state index contributed by atoms with van der Waals surface area (Å²) in [6.07, 6.45) is -2.67. The topological polar surface area (TPSA) is 42.2 Å². The van der Waals surface area contributed by atoms with E-state index in [1.807, 2.05) is 35.7 Å². The standard InChI is InChI=1S/C16H14ClF3N4/c1-10-3-2-4-14-22-12(9-24(10)14)8-21-7-11-5-6-13(17)15(23-11)16(18,19)20/h2-6,9,21H,7-8H2,1H3. The van der Waals surface area contributed by atoms with Crippen molar-refractivity contribution >= 4 is 17.2 Å². The highest BCUT2D eigenvalue weighted by Gasteiger charge is 2.35. The van der Waals surface area contributed by atoms with Gasteiger partial charge in [-0.05, 0) is 31.2 Å². The molecule has 0 atom stereocenters. The van der Waals surface area contributed by atoms with Gasteiger partial charge in [-0.15, -0.1) is 0 Å². The van der Waals surface area contributed by atoms with Crippen LogP contribution in [-0.2, 0) is 19.3 Å². The maximum atomic E-state index is 12.8. The molecular formula is C16H14ClF3N4. The van der Waals surface area contributed by atoms with Crippen LogP contribution in [-0.4, -0.2) is 14.4 Å². The van der Waals surface area contributed by atoms with E-state index in [0.717, 1.165) is 17.0 Å². The fourth-order valence-electron chi connectivity index (χ4n) is 2.38. The Bertz CT molecular complexity index is 873. The number of aryl methyl sites for hydroxylation is 1. The summed E-state index contributed by atoms with van der Waals surface area (Å²) < 4.78 is 40.3. The smallest absolute Gasteiger partial charge is 0.305 e. The van der Waals surface area contributed by atoms with Crippen LogP contribution in [0.5, 0.6) is 0 Å². The number of pyridine rings is 2. The molecule has 0 saturated carbocycles. The summed E-state index contributed by atoms with van der Waals surface area (Å²) in [4.78, 5) is 8.04. The van der Waals surface area contributed by atoms with Crippen molar-refractivity contribution < 1.29 is 13.2 Å². The second-order valence-electron chi connectivity index (χ2n) is 5.36. The first kappa shape index (κ1) is 16.7. The minimum Gasteiger partial charge on any atom is -0.305 e. The lowest BCUT2D eigenvalue weighted by Gasteiger charge is -2.10. The third-order valence-corrected chi connectivity index (χ3v) is 3.84. The number of hydrogen-bond acceptors (Lipinski definition) is 3. The van der Waals surface area contributed by atoms with Gasteiger partial charge in [0.15, 0.2) is 5.69 Å². The molecule has 0 bridgehead atoms. The molecule has 126 valence electrons. The zero-order chi connectivity index (χ0) is 17.3. The first-order valence-corrected chi connectivity index (χ1v) is 7.59. The predicted octanol–water partition coefficient (Wildman–Crippen LogP) is 4.00. The number of hydrogen-bond donors (Lipinski definition) is 1. The summed E-state index contributed by atoms with van der Waals surface area (Å²) in [5.74, 6) is 0. The third kappa shape index (κ3) is 3.52. The largest absolute Gasteiger partial charge is 0.434 e.